The van der Waals surface area contributed by atoms with E-state index in [1.807, 2.05) is 60.5 Å². The number of benzene rings is 2. The SMILES string of the molecule is Cn1ccc2cc(-c3cnc4c(c3)NC[C@@H]([C@H](NCCc3ccc(C#N)cc3)c3ccccc3)O4)cnc21. The monoisotopic (exact) mass is 500 g/mol. The number of ether oxygens (including phenoxy) is 1. The Bertz CT molecular complexity index is 1600. The Kier molecular flexibility index (Phi) is 6.47. The molecule has 6 rings (SSSR count). The van der Waals surface area contributed by atoms with E-state index in [0.717, 1.165) is 40.8 Å². The Balaban J connectivity index is 1.19. The minimum Gasteiger partial charge on any atom is -0.469 e. The zero-order valence-corrected chi connectivity index (χ0v) is 21.1. The molecule has 0 saturated heterocycles. The standard InChI is InChI=1S/C31H28N6O/c1-37-14-12-24-15-25(18-35-30(24)37)26-16-27-31(36-19-26)38-28(20-34-27)29(23-5-3-2-4-6-23)33-13-11-21-7-9-22(17-32)10-8-21/h2-10,12,14-16,18-19,28-29,33-34H,11,13,20H2,1H3/t28-,29+/m0/s1. The lowest BCUT2D eigenvalue weighted by Crippen LogP contribution is -2.43. The van der Waals surface area contributed by atoms with Crippen LogP contribution in [-0.4, -0.2) is 33.7 Å². The maximum Gasteiger partial charge on any atom is 0.237 e. The third kappa shape index (κ3) is 4.82. The van der Waals surface area contributed by atoms with Gasteiger partial charge in [-0.2, -0.15) is 5.26 Å². The van der Waals surface area contributed by atoms with Crippen LogP contribution in [0.25, 0.3) is 22.2 Å². The first-order valence-electron chi connectivity index (χ1n) is 12.8. The van der Waals surface area contributed by atoms with Crippen LogP contribution in [0.15, 0.2) is 91.4 Å². The van der Waals surface area contributed by atoms with Gasteiger partial charge in [-0.3, -0.25) is 0 Å². The van der Waals surface area contributed by atoms with Crippen LogP contribution < -0.4 is 15.4 Å². The average Bonchev–Trinajstić information content (AvgIpc) is 3.35. The number of nitrogens with zero attached hydrogens (tertiary/aromatic N) is 4. The van der Waals surface area contributed by atoms with Crippen molar-refractivity contribution in [1.82, 2.24) is 19.9 Å². The minimum absolute atomic E-state index is 0.0126. The first kappa shape index (κ1) is 23.7. The molecule has 0 amide bonds. The molecule has 2 N–H and O–H groups in total. The van der Waals surface area contributed by atoms with Crippen LogP contribution in [0.2, 0.25) is 0 Å². The molecule has 0 spiro atoms. The number of fused-ring (bicyclic) bond motifs is 2. The van der Waals surface area contributed by atoms with Crippen LogP contribution in [0, 0.1) is 11.3 Å². The van der Waals surface area contributed by atoms with Gasteiger partial charge in [-0.05, 0) is 54.4 Å². The van der Waals surface area contributed by atoms with Gasteiger partial charge in [-0.15, -0.1) is 0 Å². The van der Waals surface area contributed by atoms with Gasteiger partial charge in [0.1, 0.15) is 11.8 Å². The Morgan fingerprint density at radius 3 is 2.66 bits per heavy atom. The molecule has 0 fully saturated rings. The highest BCUT2D eigenvalue weighted by Crippen LogP contribution is 2.34. The largest absolute Gasteiger partial charge is 0.469 e. The molecule has 0 saturated carbocycles. The summed E-state index contributed by atoms with van der Waals surface area (Å²) in [6.45, 7) is 1.43. The van der Waals surface area contributed by atoms with Crippen molar-refractivity contribution >= 4 is 16.7 Å². The molecule has 0 radical (unpaired) electrons. The Hall–Kier alpha value is -4.67. The zero-order valence-electron chi connectivity index (χ0n) is 21.1. The first-order chi connectivity index (χ1) is 18.7. The molecule has 3 aromatic heterocycles. The summed E-state index contributed by atoms with van der Waals surface area (Å²) in [6, 6.07) is 26.6. The van der Waals surface area contributed by atoms with Gasteiger partial charge in [0.2, 0.25) is 5.88 Å². The molecular formula is C31H28N6O. The number of nitriles is 1. The molecule has 38 heavy (non-hydrogen) atoms. The van der Waals surface area contributed by atoms with E-state index in [0.29, 0.717) is 18.0 Å². The van der Waals surface area contributed by atoms with E-state index in [4.69, 9.17) is 10.00 Å². The molecule has 2 aromatic carbocycles. The lowest BCUT2D eigenvalue weighted by atomic mass is 9.99. The fourth-order valence-corrected chi connectivity index (χ4v) is 4.97. The van der Waals surface area contributed by atoms with Gasteiger partial charge in [0.15, 0.2) is 0 Å². The van der Waals surface area contributed by atoms with Crippen molar-refractivity contribution in [2.45, 2.75) is 18.6 Å². The van der Waals surface area contributed by atoms with E-state index in [1.54, 1.807) is 0 Å². The maximum absolute atomic E-state index is 9.04. The Labute approximate surface area is 221 Å². The van der Waals surface area contributed by atoms with Crippen molar-refractivity contribution in [2.24, 2.45) is 7.05 Å². The molecule has 5 aromatic rings. The molecular weight excluding hydrogens is 472 g/mol. The number of nitrogens with one attached hydrogen (secondary N) is 2. The molecule has 0 unspecified atom stereocenters. The second-order valence-electron chi connectivity index (χ2n) is 9.58. The van der Waals surface area contributed by atoms with Crippen LogP contribution in [0.3, 0.4) is 0 Å². The summed E-state index contributed by atoms with van der Waals surface area (Å²) < 4.78 is 8.47. The second-order valence-corrected chi connectivity index (χ2v) is 9.58. The zero-order chi connectivity index (χ0) is 25.9. The van der Waals surface area contributed by atoms with Crippen molar-refractivity contribution in [3.63, 3.8) is 0 Å². The number of pyridine rings is 2. The van der Waals surface area contributed by atoms with Crippen molar-refractivity contribution in [1.29, 1.82) is 5.26 Å². The predicted octanol–water partition coefficient (Wildman–Crippen LogP) is 5.25. The fourth-order valence-electron chi connectivity index (χ4n) is 4.97. The summed E-state index contributed by atoms with van der Waals surface area (Å²) in [6.07, 6.45) is 6.48. The maximum atomic E-state index is 9.04. The van der Waals surface area contributed by atoms with Crippen LogP contribution in [0.5, 0.6) is 5.88 Å². The summed E-state index contributed by atoms with van der Waals surface area (Å²) in [4.78, 5) is 9.30. The normalized spacial score (nSPS) is 15.2. The third-order valence-electron chi connectivity index (χ3n) is 7.04. The average molecular weight is 501 g/mol. The summed E-state index contributed by atoms with van der Waals surface area (Å²) >= 11 is 0. The summed E-state index contributed by atoms with van der Waals surface area (Å²) in [5.41, 5.74) is 6.90. The van der Waals surface area contributed by atoms with Crippen molar-refractivity contribution in [3.05, 3.63) is 108 Å². The highest BCUT2D eigenvalue weighted by Gasteiger charge is 2.29. The van der Waals surface area contributed by atoms with Crippen molar-refractivity contribution in [2.75, 3.05) is 18.4 Å². The molecule has 1 aliphatic heterocycles. The van der Waals surface area contributed by atoms with Gasteiger partial charge in [0, 0.05) is 42.2 Å². The first-order valence-corrected chi connectivity index (χ1v) is 12.8. The number of hydrogen-bond donors (Lipinski definition) is 2. The molecule has 4 heterocycles. The third-order valence-corrected chi connectivity index (χ3v) is 7.04. The minimum atomic E-state index is -0.133. The van der Waals surface area contributed by atoms with Gasteiger partial charge in [-0.1, -0.05) is 42.5 Å². The summed E-state index contributed by atoms with van der Waals surface area (Å²) in [5.74, 6) is 0.605. The predicted molar refractivity (Wildman–Crippen MR) is 149 cm³/mol. The molecule has 7 nitrogen and oxygen atoms in total. The van der Waals surface area contributed by atoms with Crippen molar-refractivity contribution in [3.8, 4) is 23.1 Å². The number of hydrogen-bond acceptors (Lipinski definition) is 6. The summed E-state index contributed by atoms with van der Waals surface area (Å²) in [7, 11) is 2.00. The van der Waals surface area contributed by atoms with Gasteiger partial charge < -0.3 is 19.9 Å². The van der Waals surface area contributed by atoms with Gasteiger partial charge in [-0.25, -0.2) is 9.97 Å². The molecule has 2 atom stereocenters. The van der Waals surface area contributed by atoms with Gasteiger partial charge >= 0.3 is 0 Å². The van der Waals surface area contributed by atoms with E-state index < -0.39 is 0 Å². The number of rotatable bonds is 7. The van der Waals surface area contributed by atoms with Crippen LogP contribution in [0.4, 0.5) is 5.69 Å². The quantitative estimate of drug-likeness (QED) is 0.317. The second kappa shape index (κ2) is 10.4. The lowest BCUT2D eigenvalue weighted by Gasteiger charge is -2.33. The van der Waals surface area contributed by atoms with E-state index in [1.165, 1.54) is 11.1 Å². The number of aromatic nitrogens is 3. The molecule has 0 aliphatic carbocycles. The van der Waals surface area contributed by atoms with E-state index in [2.05, 4.69) is 69.1 Å². The van der Waals surface area contributed by atoms with E-state index >= 15 is 0 Å². The van der Waals surface area contributed by atoms with E-state index in [9.17, 15) is 0 Å². The fraction of sp³-hybridized carbons (Fsp3) is 0.194. The molecule has 1 aliphatic rings. The number of aryl methyl sites for hydroxylation is 1. The van der Waals surface area contributed by atoms with Crippen LogP contribution in [-0.2, 0) is 13.5 Å². The lowest BCUT2D eigenvalue weighted by molar-refractivity contribution is 0.150. The smallest absolute Gasteiger partial charge is 0.237 e. The Morgan fingerprint density at radius 1 is 1.05 bits per heavy atom. The Morgan fingerprint density at radius 2 is 1.84 bits per heavy atom. The highest BCUT2D eigenvalue weighted by molar-refractivity contribution is 5.82. The summed E-state index contributed by atoms with van der Waals surface area (Å²) in [5, 5.41) is 17.4. The molecule has 7 heteroatoms. The van der Waals surface area contributed by atoms with E-state index in [-0.39, 0.29) is 12.1 Å². The highest BCUT2D eigenvalue weighted by atomic mass is 16.5. The van der Waals surface area contributed by atoms with Crippen LogP contribution in [0.1, 0.15) is 22.7 Å². The number of anilines is 1. The van der Waals surface area contributed by atoms with Gasteiger partial charge in [0.05, 0.1) is 29.9 Å². The molecule has 0 bridgehead atoms. The van der Waals surface area contributed by atoms with Crippen LogP contribution >= 0.6 is 0 Å². The van der Waals surface area contributed by atoms with Gasteiger partial charge in [0.25, 0.3) is 0 Å². The molecule has 188 valence electrons. The topological polar surface area (TPSA) is 87.8 Å². The van der Waals surface area contributed by atoms with Crippen molar-refractivity contribution < 1.29 is 4.74 Å².